The number of alkyl halides is 3. The number of aliphatic hydroxyl groups excluding tert-OH is 1. The number of esters is 1. The monoisotopic (exact) mass is 512 g/mol. The number of benzene rings is 1. The first-order valence-electron chi connectivity index (χ1n) is 9.34. The van der Waals surface area contributed by atoms with Crippen LogP contribution in [0.15, 0.2) is 12.1 Å². The van der Waals surface area contributed by atoms with Gasteiger partial charge in [-0.25, -0.2) is 4.79 Å². The lowest BCUT2D eigenvalue weighted by Crippen LogP contribution is -2.38. The zero-order valence-corrected chi connectivity index (χ0v) is 19.8. The lowest BCUT2D eigenvalue weighted by Gasteiger charge is -2.24. The predicted molar refractivity (Wildman–Crippen MR) is 117 cm³/mol. The van der Waals surface area contributed by atoms with Gasteiger partial charge in [0.2, 0.25) is 3.79 Å². The topological polar surface area (TPSA) is 124 Å². The predicted octanol–water partition coefficient (Wildman–Crippen LogP) is 2.76. The number of aliphatic hydroxyl groups is 1. The van der Waals surface area contributed by atoms with E-state index in [9.17, 15) is 19.5 Å². The van der Waals surface area contributed by atoms with E-state index in [-0.39, 0.29) is 42.3 Å². The summed E-state index contributed by atoms with van der Waals surface area (Å²) in [6, 6.07) is 2.15. The standard InChI is InChI=1S/C19H23Cl3N2O8/c1-10(26)32-12-4-11(8-25)24(7-12)17(27)13-5-15(29-2)16(30-3)6-14(13)23-18(28)31-9-19(20,21)22/h5-6,11-12,25H,4,7-9H2,1-3H3,(H,23,28)/t11-,12+/m0/s1. The number of anilines is 1. The summed E-state index contributed by atoms with van der Waals surface area (Å²) in [5, 5.41) is 12.1. The molecule has 0 aliphatic carbocycles. The Labute approximate surface area is 199 Å². The number of methoxy groups -OCH3 is 2. The molecule has 1 heterocycles. The molecule has 2 atom stereocenters. The second-order valence-corrected chi connectivity index (χ2v) is 9.35. The van der Waals surface area contributed by atoms with Crippen molar-refractivity contribution in [2.24, 2.45) is 0 Å². The van der Waals surface area contributed by atoms with Crippen molar-refractivity contribution in [1.29, 1.82) is 0 Å². The summed E-state index contributed by atoms with van der Waals surface area (Å²) >= 11 is 16.8. The van der Waals surface area contributed by atoms with E-state index in [1.54, 1.807) is 0 Å². The number of halogens is 3. The molecule has 2 amide bonds. The van der Waals surface area contributed by atoms with Crippen LogP contribution in [0.4, 0.5) is 10.5 Å². The molecule has 178 valence electrons. The van der Waals surface area contributed by atoms with Gasteiger partial charge in [-0.3, -0.25) is 14.9 Å². The van der Waals surface area contributed by atoms with Crippen molar-refractivity contribution in [3.8, 4) is 11.5 Å². The highest BCUT2D eigenvalue weighted by Crippen LogP contribution is 2.35. The van der Waals surface area contributed by atoms with Gasteiger partial charge in [0.1, 0.15) is 12.7 Å². The zero-order chi connectivity index (χ0) is 24.1. The Hall–Kier alpha value is -2.14. The molecular weight excluding hydrogens is 491 g/mol. The first kappa shape index (κ1) is 26.1. The Kier molecular flexibility index (Phi) is 9.08. The van der Waals surface area contributed by atoms with Gasteiger partial charge in [0.25, 0.3) is 5.91 Å². The highest BCUT2D eigenvalue weighted by atomic mass is 35.6. The molecule has 0 aromatic heterocycles. The molecule has 1 aliphatic heterocycles. The van der Waals surface area contributed by atoms with E-state index in [2.05, 4.69) is 5.32 Å². The van der Waals surface area contributed by atoms with Crippen LogP contribution in [-0.4, -0.2) is 77.9 Å². The molecule has 0 unspecified atom stereocenters. The van der Waals surface area contributed by atoms with Gasteiger partial charge in [-0.2, -0.15) is 0 Å². The molecule has 32 heavy (non-hydrogen) atoms. The first-order valence-corrected chi connectivity index (χ1v) is 10.5. The van der Waals surface area contributed by atoms with E-state index in [1.165, 1.54) is 38.2 Å². The quantitative estimate of drug-likeness (QED) is 0.421. The fraction of sp³-hybridized carbons (Fsp3) is 0.526. The van der Waals surface area contributed by atoms with Crippen molar-refractivity contribution < 1.29 is 38.4 Å². The van der Waals surface area contributed by atoms with Gasteiger partial charge in [0.15, 0.2) is 11.5 Å². The van der Waals surface area contributed by atoms with Crippen LogP contribution in [0.2, 0.25) is 0 Å². The number of likely N-dealkylation sites (tertiary alicyclic amines) is 1. The Morgan fingerprint density at radius 3 is 2.34 bits per heavy atom. The van der Waals surface area contributed by atoms with Crippen LogP contribution >= 0.6 is 34.8 Å². The van der Waals surface area contributed by atoms with Crippen LogP contribution < -0.4 is 14.8 Å². The number of amides is 2. The van der Waals surface area contributed by atoms with Crippen LogP contribution in [0, 0.1) is 0 Å². The molecule has 10 nitrogen and oxygen atoms in total. The SMILES string of the molecule is COc1cc(NC(=O)OCC(Cl)(Cl)Cl)c(C(=O)N2C[C@H](OC(C)=O)C[C@H]2CO)cc1OC. The second-order valence-electron chi connectivity index (χ2n) is 6.83. The van der Waals surface area contributed by atoms with Crippen molar-refractivity contribution >= 4 is 58.5 Å². The summed E-state index contributed by atoms with van der Waals surface area (Å²) in [7, 11) is 2.77. The largest absolute Gasteiger partial charge is 0.493 e. The van der Waals surface area contributed by atoms with Gasteiger partial charge in [-0.1, -0.05) is 34.8 Å². The molecule has 1 aromatic rings. The molecule has 2 N–H and O–H groups in total. The number of nitrogens with zero attached hydrogens (tertiary/aromatic N) is 1. The van der Waals surface area contributed by atoms with Gasteiger partial charge in [-0.05, 0) is 6.07 Å². The smallest absolute Gasteiger partial charge is 0.411 e. The van der Waals surface area contributed by atoms with E-state index in [4.69, 9.17) is 53.8 Å². The highest BCUT2D eigenvalue weighted by Gasteiger charge is 2.38. The number of hydrogen-bond acceptors (Lipinski definition) is 8. The van der Waals surface area contributed by atoms with Crippen LogP contribution in [0.5, 0.6) is 11.5 Å². The number of nitrogens with one attached hydrogen (secondary N) is 1. The van der Waals surface area contributed by atoms with Crippen LogP contribution in [0.25, 0.3) is 0 Å². The lowest BCUT2D eigenvalue weighted by molar-refractivity contribution is -0.145. The van der Waals surface area contributed by atoms with Crippen LogP contribution in [0.3, 0.4) is 0 Å². The minimum absolute atomic E-state index is 0.0235. The van der Waals surface area contributed by atoms with Crippen molar-refractivity contribution in [3.05, 3.63) is 17.7 Å². The third-order valence-corrected chi connectivity index (χ3v) is 4.87. The van der Waals surface area contributed by atoms with E-state index < -0.39 is 40.5 Å². The fourth-order valence-electron chi connectivity index (χ4n) is 3.22. The molecule has 1 fully saturated rings. The Bertz CT molecular complexity index is 862. The summed E-state index contributed by atoms with van der Waals surface area (Å²) in [4.78, 5) is 38.2. The minimum atomic E-state index is -1.82. The molecule has 1 saturated heterocycles. The van der Waals surface area contributed by atoms with Crippen molar-refractivity contribution in [2.45, 2.75) is 29.3 Å². The average Bonchev–Trinajstić information content (AvgIpc) is 3.13. The molecular formula is C19H23Cl3N2O8. The molecule has 1 aliphatic rings. The van der Waals surface area contributed by atoms with Crippen molar-refractivity contribution in [2.75, 3.05) is 39.3 Å². The third kappa shape index (κ3) is 6.93. The van der Waals surface area contributed by atoms with E-state index in [1.807, 2.05) is 0 Å². The van der Waals surface area contributed by atoms with E-state index in [0.717, 1.165) is 0 Å². The summed E-state index contributed by atoms with van der Waals surface area (Å²) in [6.45, 7) is 0.459. The Morgan fingerprint density at radius 2 is 1.81 bits per heavy atom. The summed E-state index contributed by atoms with van der Waals surface area (Å²) in [5.74, 6) is -0.575. The summed E-state index contributed by atoms with van der Waals surface area (Å²) in [5.41, 5.74) is 0.0602. The first-order chi connectivity index (χ1) is 15.0. The Balaban J connectivity index is 2.36. The molecule has 0 spiro atoms. The molecule has 0 bridgehead atoms. The lowest BCUT2D eigenvalue weighted by atomic mass is 10.1. The van der Waals surface area contributed by atoms with E-state index >= 15 is 0 Å². The normalized spacial score (nSPS) is 18.2. The number of hydrogen-bond donors (Lipinski definition) is 2. The molecule has 2 rings (SSSR count). The maximum atomic E-state index is 13.4. The van der Waals surface area contributed by atoms with Crippen molar-refractivity contribution in [3.63, 3.8) is 0 Å². The third-order valence-electron chi connectivity index (χ3n) is 4.54. The number of rotatable bonds is 7. The minimum Gasteiger partial charge on any atom is -0.493 e. The highest BCUT2D eigenvalue weighted by molar-refractivity contribution is 6.67. The molecule has 0 saturated carbocycles. The zero-order valence-electron chi connectivity index (χ0n) is 17.5. The molecule has 0 radical (unpaired) electrons. The van der Waals surface area contributed by atoms with Gasteiger partial charge >= 0.3 is 12.1 Å². The van der Waals surface area contributed by atoms with Crippen LogP contribution in [-0.2, 0) is 14.3 Å². The van der Waals surface area contributed by atoms with E-state index in [0.29, 0.717) is 0 Å². The maximum absolute atomic E-state index is 13.4. The van der Waals surface area contributed by atoms with Gasteiger partial charge in [0.05, 0.1) is 44.7 Å². The fourth-order valence-corrected chi connectivity index (χ4v) is 3.39. The number of carbonyl (C=O) groups is 3. The number of carbonyl (C=O) groups excluding carboxylic acids is 3. The molecule has 13 heteroatoms. The summed E-state index contributed by atoms with van der Waals surface area (Å²) < 4.78 is 18.7. The maximum Gasteiger partial charge on any atom is 0.411 e. The number of ether oxygens (including phenoxy) is 4. The van der Waals surface area contributed by atoms with Gasteiger partial charge in [-0.15, -0.1) is 0 Å². The van der Waals surface area contributed by atoms with Gasteiger partial charge in [0, 0.05) is 19.4 Å². The molecule has 1 aromatic carbocycles. The summed E-state index contributed by atoms with van der Waals surface area (Å²) in [6.07, 6.45) is -1.28. The van der Waals surface area contributed by atoms with Gasteiger partial charge < -0.3 is 29.0 Å². The van der Waals surface area contributed by atoms with Crippen LogP contribution in [0.1, 0.15) is 23.7 Å². The van der Waals surface area contributed by atoms with Crippen molar-refractivity contribution in [1.82, 2.24) is 4.90 Å². The average molecular weight is 514 g/mol. The second kappa shape index (κ2) is 11.1. The Morgan fingerprint density at radius 1 is 1.19 bits per heavy atom.